The van der Waals surface area contributed by atoms with Crippen molar-refractivity contribution in [3.8, 4) is 5.75 Å². The standard InChI is InChI=1S/C8H6F2O4S/c1-15(12,13)14-8-3-5(9)2-7(10)6(8)4-11/h2-4H,1H3. The lowest BCUT2D eigenvalue weighted by molar-refractivity contribution is 0.111. The summed E-state index contributed by atoms with van der Waals surface area (Å²) in [6.45, 7) is 0. The molecule has 0 bridgehead atoms. The number of aldehydes is 1. The van der Waals surface area contributed by atoms with E-state index in [0.29, 0.717) is 18.4 Å². The molecule has 0 saturated heterocycles. The van der Waals surface area contributed by atoms with Crippen LogP contribution in [-0.2, 0) is 10.1 Å². The van der Waals surface area contributed by atoms with Crippen molar-refractivity contribution >= 4 is 16.4 Å². The Labute approximate surface area is 84.6 Å². The smallest absolute Gasteiger partial charge is 0.306 e. The number of hydrogen-bond acceptors (Lipinski definition) is 4. The molecule has 0 fully saturated rings. The van der Waals surface area contributed by atoms with Crippen LogP contribution in [0.5, 0.6) is 5.75 Å². The van der Waals surface area contributed by atoms with Crippen molar-refractivity contribution < 1.29 is 26.2 Å². The molecule has 82 valence electrons. The maximum Gasteiger partial charge on any atom is 0.306 e. The SMILES string of the molecule is CS(=O)(=O)Oc1cc(F)cc(F)c1C=O. The van der Waals surface area contributed by atoms with E-state index in [1.165, 1.54) is 0 Å². The zero-order valence-corrected chi connectivity index (χ0v) is 8.35. The first-order valence-corrected chi connectivity index (χ1v) is 5.49. The fourth-order valence-corrected chi connectivity index (χ4v) is 1.37. The summed E-state index contributed by atoms with van der Waals surface area (Å²) < 4.78 is 51.3. The summed E-state index contributed by atoms with van der Waals surface area (Å²) >= 11 is 0. The van der Waals surface area contributed by atoms with Gasteiger partial charge in [0.05, 0.1) is 11.8 Å². The van der Waals surface area contributed by atoms with Crippen LogP contribution >= 0.6 is 0 Å². The van der Waals surface area contributed by atoms with Gasteiger partial charge in [0.1, 0.15) is 11.6 Å². The topological polar surface area (TPSA) is 60.4 Å². The van der Waals surface area contributed by atoms with Crippen LogP contribution in [0.4, 0.5) is 8.78 Å². The van der Waals surface area contributed by atoms with Crippen LogP contribution in [-0.4, -0.2) is 21.0 Å². The minimum Gasteiger partial charge on any atom is -0.382 e. The van der Waals surface area contributed by atoms with E-state index in [-0.39, 0.29) is 6.29 Å². The van der Waals surface area contributed by atoms with Crippen LogP contribution in [0.3, 0.4) is 0 Å². The Morgan fingerprint density at radius 3 is 2.40 bits per heavy atom. The second kappa shape index (κ2) is 3.93. The molecule has 0 aromatic heterocycles. The van der Waals surface area contributed by atoms with Crippen LogP contribution < -0.4 is 4.18 Å². The fourth-order valence-electron chi connectivity index (χ4n) is 0.908. The van der Waals surface area contributed by atoms with E-state index in [1.807, 2.05) is 0 Å². The Kier molecular flexibility index (Phi) is 3.04. The Bertz CT molecular complexity index is 496. The Morgan fingerprint density at radius 2 is 1.93 bits per heavy atom. The molecule has 0 heterocycles. The van der Waals surface area contributed by atoms with Crippen LogP contribution in [0.15, 0.2) is 12.1 Å². The second-order valence-corrected chi connectivity index (χ2v) is 4.28. The van der Waals surface area contributed by atoms with Gasteiger partial charge in [0.15, 0.2) is 12.0 Å². The van der Waals surface area contributed by atoms with E-state index in [9.17, 15) is 22.0 Å². The summed E-state index contributed by atoms with van der Waals surface area (Å²) in [6, 6.07) is 1.08. The lowest BCUT2D eigenvalue weighted by Crippen LogP contribution is -2.08. The van der Waals surface area contributed by atoms with Crippen LogP contribution in [0, 0.1) is 11.6 Å². The number of carbonyl (C=O) groups excluding carboxylic acids is 1. The van der Waals surface area contributed by atoms with Gasteiger partial charge in [-0.3, -0.25) is 4.79 Å². The summed E-state index contributed by atoms with van der Waals surface area (Å²) in [5.74, 6) is -2.87. The molecule has 15 heavy (non-hydrogen) atoms. The Hall–Kier alpha value is -1.50. The number of carbonyl (C=O) groups is 1. The molecule has 0 aliphatic heterocycles. The molecule has 0 atom stereocenters. The van der Waals surface area contributed by atoms with E-state index in [0.717, 1.165) is 0 Å². The molecule has 0 aliphatic rings. The molecule has 0 radical (unpaired) electrons. The highest BCUT2D eigenvalue weighted by atomic mass is 32.2. The number of halogens is 2. The van der Waals surface area contributed by atoms with Crippen molar-refractivity contribution in [2.24, 2.45) is 0 Å². The van der Waals surface area contributed by atoms with Gasteiger partial charge in [-0.05, 0) is 0 Å². The third-order valence-electron chi connectivity index (χ3n) is 1.42. The molecule has 0 unspecified atom stereocenters. The summed E-state index contributed by atoms with van der Waals surface area (Å²) in [4.78, 5) is 10.4. The summed E-state index contributed by atoms with van der Waals surface area (Å²) in [5, 5.41) is 0. The zero-order valence-electron chi connectivity index (χ0n) is 7.53. The quantitative estimate of drug-likeness (QED) is 0.582. The lowest BCUT2D eigenvalue weighted by Gasteiger charge is -2.06. The van der Waals surface area contributed by atoms with Crippen molar-refractivity contribution in [2.75, 3.05) is 6.26 Å². The molecule has 1 aromatic carbocycles. The summed E-state index contributed by atoms with van der Waals surface area (Å²) in [7, 11) is -3.94. The highest BCUT2D eigenvalue weighted by molar-refractivity contribution is 7.86. The zero-order chi connectivity index (χ0) is 11.6. The molecule has 7 heteroatoms. The van der Waals surface area contributed by atoms with E-state index >= 15 is 0 Å². The van der Waals surface area contributed by atoms with E-state index in [1.54, 1.807) is 0 Å². The molecule has 0 saturated carbocycles. The van der Waals surface area contributed by atoms with Gasteiger partial charge in [0.2, 0.25) is 0 Å². The molecule has 0 amide bonds. The first kappa shape index (κ1) is 11.6. The van der Waals surface area contributed by atoms with Crippen LogP contribution in [0.25, 0.3) is 0 Å². The maximum absolute atomic E-state index is 12.9. The molecule has 1 rings (SSSR count). The van der Waals surface area contributed by atoms with Gasteiger partial charge < -0.3 is 4.18 Å². The molecule has 4 nitrogen and oxygen atoms in total. The largest absolute Gasteiger partial charge is 0.382 e. The van der Waals surface area contributed by atoms with Crippen LogP contribution in [0.1, 0.15) is 10.4 Å². The van der Waals surface area contributed by atoms with Gasteiger partial charge in [0.25, 0.3) is 0 Å². The van der Waals surface area contributed by atoms with Crippen LogP contribution in [0.2, 0.25) is 0 Å². The molecule has 0 spiro atoms. The van der Waals surface area contributed by atoms with Crippen molar-refractivity contribution in [1.82, 2.24) is 0 Å². The molecular formula is C8H6F2O4S. The predicted octanol–water partition coefficient (Wildman–Crippen LogP) is 1.12. The number of rotatable bonds is 3. The lowest BCUT2D eigenvalue weighted by atomic mass is 10.2. The third-order valence-corrected chi connectivity index (χ3v) is 1.90. The van der Waals surface area contributed by atoms with Crippen molar-refractivity contribution in [3.63, 3.8) is 0 Å². The minimum atomic E-state index is -3.94. The molecule has 1 aromatic rings. The van der Waals surface area contributed by atoms with Gasteiger partial charge in [-0.15, -0.1) is 0 Å². The molecular weight excluding hydrogens is 230 g/mol. The average Bonchev–Trinajstić information content (AvgIpc) is 1.99. The van der Waals surface area contributed by atoms with Gasteiger partial charge in [-0.1, -0.05) is 0 Å². The van der Waals surface area contributed by atoms with E-state index in [2.05, 4.69) is 4.18 Å². The molecule has 0 aliphatic carbocycles. The number of hydrogen-bond donors (Lipinski definition) is 0. The minimum absolute atomic E-state index is 0.0509. The highest BCUT2D eigenvalue weighted by Gasteiger charge is 2.15. The monoisotopic (exact) mass is 236 g/mol. The van der Waals surface area contributed by atoms with Gasteiger partial charge in [-0.2, -0.15) is 8.42 Å². The molecule has 0 N–H and O–H groups in total. The fraction of sp³-hybridized carbons (Fsp3) is 0.125. The van der Waals surface area contributed by atoms with Gasteiger partial charge >= 0.3 is 10.1 Å². The van der Waals surface area contributed by atoms with Crippen molar-refractivity contribution in [3.05, 3.63) is 29.3 Å². The van der Waals surface area contributed by atoms with E-state index < -0.39 is 33.1 Å². The summed E-state index contributed by atoms with van der Waals surface area (Å²) in [6.07, 6.45) is 0.750. The van der Waals surface area contributed by atoms with E-state index in [4.69, 9.17) is 0 Å². The first-order chi connectivity index (χ1) is 6.83. The first-order valence-electron chi connectivity index (χ1n) is 3.67. The van der Waals surface area contributed by atoms with Crippen molar-refractivity contribution in [2.45, 2.75) is 0 Å². The Morgan fingerprint density at radius 1 is 1.33 bits per heavy atom. The normalized spacial score (nSPS) is 11.1. The number of benzene rings is 1. The Balaban J connectivity index is 3.33. The highest BCUT2D eigenvalue weighted by Crippen LogP contribution is 2.22. The maximum atomic E-state index is 12.9. The van der Waals surface area contributed by atoms with Gasteiger partial charge in [-0.25, -0.2) is 8.78 Å². The predicted molar refractivity (Wildman–Crippen MR) is 47.2 cm³/mol. The van der Waals surface area contributed by atoms with Gasteiger partial charge in [0, 0.05) is 12.1 Å². The second-order valence-electron chi connectivity index (χ2n) is 2.70. The van der Waals surface area contributed by atoms with Crippen molar-refractivity contribution in [1.29, 1.82) is 0 Å². The average molecular weight is 236 g/mol. The third kappa shape index (κ3) is 2.98. The summed E-state index contributed by atoms with van der Waals surface area (Å²) in [5.41, 5.74) is -0.637.